The van der Waals surface area contributed by atoms with Crippen molar-refractivity contribution in [3.05, 3.63) is 52.7 Å². The molecule has 1 aromatic heterocycles. The molecule has 0 radical (unpaired) electrons. The lowest BCUT2D eigenvalue weighted by atomic mass is 9.98. The van der Waals surface area contributed by atoms with E-state index in [1.54, 1.807) is 36.4 Å². The average molecular weight is 374 g/mol. The molecule has 2 heterocycles. The van der Waals surface area contributed by atoms with Crippen molar-refractivity contribution in [1.82, 2.24) is 4.90 Å². The van der Waals surface area contributed by atoms with Crippen molar-refractivity contribution < 1.29 is 24.2 Å². The number of esters is 1. The van der Waals surface area contributed by atoms with Crippen molar-refractivity contribution in [2.45, 2.75) is 18.5 Å². The fourth-order valence-corrected chi connectivity index (χ4v) is 4.13. The highest BCUT2D eigenvalue weighted by Gasteiger charge is 2.51. The lowest BCUT2D eigenvalue weighted by Crippen LogP contribution is -2.44. The van der Waals surface area contributed by atoms with Gasteiger partial charge in [0.1, 0.15) is 6.04 Å². The number of methoxy groups -OCH3 is 1. The Kier molecular flexibility index (Phi) is 5.22. The highest BCUT2D eigenvalue weighted by molar-refractivity contribution is 7.10. The molecule has 0 bridgehead atoms. The number of carbonyl (C=O) groups is 3. The predicted molar refractivity (Wildman–Crippen MR) is 95.9 cm³/mol. The van der Waals surface area contributed by atoms with Gasteiger partial charge in [-0.1, -0.05) is 24.3 Å². The van der Waals surface area contributed by atoms with Crippen LogP contribution in [0.4, 0.5) is 10.5 Å². The molecule has 1 saturated heterocycles. The number of hydrogen-bond donors (Lipinski definition) is 2. The van der Waals surface area contributed by atoms with Crippen LogP contribution >= 0.6 is 11.3 Å². The Morgan fingerprint density at radius 3 is 2.50 bits per heavy atom. The topological polar surface area (TPSA) is 95.9 Å². The number of para-hydroxylation sites is 1. The van der Waals surface area contributed by atoms with Gasteiger partial charge in [-0.2, -0.15) is 0 Å². The van der Waals surface area contributed by atoms with E-state index in [0.29, 0.717) is 5.69 Å². The van der Waals surface area contributed by atoms with Crippen LogP contribution in [-0.2, 0) is 14.3 Å². The molecule has 1 fully saturated rings. The summed E-state index contributed by atoms with van der Waals surface area (Å²) in [5, 5.41) is 14.2. The van der Waals surface area contributed by atoms with Crippen molar-refractivity contribution in [1.29, 1.82) is 0 Å². The van der Waals surface area contributed by atoms with Gasteiger partial charge >= 0.3 is 18.0 Å². The number of ether oxygens (including phenoxy) is 1. The highest BCUT2D eigenvalue weighted by Crippen LogP contribution is 2.43. The number of likely N-dealkylation sites (tertiary alicyclic amines) is 1. The van der Waals surface area contributed by atoms with Gasteiger partial charge in [-0.25, -0.2) is 9.59 Å². The quantitative estimate of drug-likeness (QED) is 0.802. The Bertz CT molecular complexity index is 793. The van der Waals surface area contributed by atoms with Crippen molar-refractivity contribution in [3.63, 3.8) is 0 Å². The molecule has 1 aromatic carbocycles. The van der Waals surface area contributed by atoms with E-state index in [4.69, 9.17) is 4.74 Å². The lowest BCUT2D eigenvalue weighted by Gasteiger charge is -2.29. The number of carboxylic acid groups (broad SMARTS) is 1. The maximum atomic E-state index is 12.9. The molecule has 136 valence electrons. The molecule has 3 rings (SSSR count). The van der Waals surface area contributed by atoms with E-state index in [1.165, 1.54) is 23.3 Å². The third-order valence-corrected chi connectivity index (χ3v) is 5.32. The van der Waals surface area contributed by atoms with Gasteiger partial charge in [0, 0.05) is 10.6 Å². The fraction of sp³-hybridized carbons (Fsp3) is 0.278. The molecule has 2 N–H and O–H groups in total. The number of rotatable bonds is 4. The third-order valence-electron chi connectivity index (χ3n) is 4.38. The highest BCUT2D eigenvalue weighted by atomic mass is 32.1. The maximum absolute atomic E-state index is 12.9. The van der Waals surface area contributed by atoms with E-state index in [0.717, 1.165) is 4.88 Å². The molecule has 3 atom stereocenters. The number of urea groups is 1. The van der Waals surface area contributed by atoms with Crippen LogP contribution < -0.4 is 5.32 Å². The fourth-order valence-electron chi connectivity index (χ4n) is 3.24. The molecule has 26 heavy (non-hydrogen) atoms. The van der Waals surface area contributed by atoms with Gasteiger partial charge in [0.05, 0.1) is 19.1 Å². The molecule has 1 aliphatic rings. The molecule has 1 aliphatic heterocycles. The average Bonchev–Trinajstić information content (AvgIpc) is 3.29. The number of carboxylic acids is 1. The number of anilines is 1. The monoisotopic (exact) mass is 374 g/mol. The third kappa shape index (κ3) is 3.41. The maximum Gasteiger partial charge on any atom is 0.326 e. The van der Waals surface area contributed by atoms with Crippen LogP contribution in [0.5, 0.6) is 0 Å². The lowest BCUT2D eigenvalue weighted by molar-refractivity contribution is -0.146. The predicted octanol–water partition coefficient (Wildman–Crippen LogP) is 2.97. The summed E-state index contributed by atoms with van der Waals surface area (Å²) in [5.74, 6) is -2.41. The van der Waals surface area contributed by atoms with Crippen LogP contribution in [-0.4, -0.2) is 41.1 Å². The number of amides is 2. The minimum Gasteiger partial charge on any atom is -0.480 e. The summed E-state index contributed by atoms with van der Waals surface area (Å²) < 4.78 is 4.85. The zero-order valence-electron chi connectivity index (χ0n) is 14.0. The smallest absolute Gasteiger partial charge is 0.326 e. The van der Waals surface area contributed by atoms with E-state index in [-0.39, 0.29) is 6.42 Å². The summed E-state index contributed by atoms with van der Waals surface area (Å²) in [6, 6.07) is 9.99. The van der Waals surface area contributed by atoms with Crippen molar-refractivity contribution in [2.24, 2.45) is 5.92 Å². The van der Waals surface area contributed by atoms with Crippen LogP contribution in [0.1, 0.15) is 17.3 Å². The number of carbonyl (C=O) groups excluding carboxylic acids is 2. The molecular weight excluding hydrogens is 356 g/mol. The molecule has 2 aromatic rings. The van der Waals surface area contributed by atoms with Gasteiger partial charge in [0.2, 0.25) is 0 Å². The summed E-state index contributed by atoms with van der Waals surface area (Å²) in [4.78, 5) is 38.9. The Morgan fingerprint density at radius 1 is 1.19 bits per heavy atom. The van der Waals surface area contributed by atoms with Gasteiger partial charge < -0.3 is 20.1 Å². The van der Waals surface area contributed by atoms with Gasteiger partial charge in [-0.3, -0.25) is 4.79 Å². The Labute approximate surface area is 154 Å². The molecule has 0 spiro atoms. The van der Waals surface area contributed by atoms with Crippen LogP contribution in [0.15, 0.2) is 47.8 Å². The SMILES string of the molecule is COC(=O)C1CC(C(=O)O)N(C(=O)Nc2ccccc2)C1c1cccs1. The van der Waals surface area contributed by atoms with Crippen molar-refractivity contribution >= 4 is 35.0 Å². The first-order chi connectivity index (χ1) is 12.5. The minimum absolute atomic E-state index is 0.00673. The van der Waals surface area contributed by atoms with Crippen molar-refractivity contribution in [3.8, 4) is 0 Å². The Balaban J connectivity index is 1.97. The standard InChI is InChI=1S/C18H18N2O5S/c1-25-17(23)12-10-13(16(21)22)20(15(12)14-8-5-9-26-14)18(24)19-11-6-3-2-4-7-11/h2-9,12-13,15H,10H2,1H3,(H,19,24)(H,21,22). The number of aliphatic carboxylic acids is 1. The summed E-state index contributed by atoms with van der Waals surface area (Å²) in [5.41, 5.74) is 0.549. The molecule has 3 unspecified atom stereocenters. The molecule has 0 aliphatic carbocycles. The summed E-state index contributed by atoms with van der Waals surface area (Å²) >= 11 is 1.37. The van der Waals surface area contributed by atoms with E-state index in [2.05, 4.69) is 5.32 Å². The first kappa shape index (κ1) is 17.9. The molecule has 7 nitrogen and oxygen atoms in total. The zero-order chi connectivity index (χ0) is 18.7. The second-order valence-electron chi connectivity index (χ2n) is 5.88. The number of benzene rings is 1. The van der Waals surface area contributed by atoms with Gasteiger partial charge in [-0.05, 0) is 30.0 Å². The second-order valence-corrected chi connectivity index (χ2v) is 6.86. The van der Waals surface area contributed by atoms with Gasteiger partial charge in [0.15, 0.2) is 0 Å². The van der Waals surface area contributed by atoms with Crippen LogP contribution in [0, 0.1) is 5.92 Å². The summed E-state index contributed by atoms with van der Waals surface area (Å²) in [6.07, 6.45) is 0.00673. The normalized spacial score (nSPS) is 22.0. The number of hydrogen-bond acceptors (Lipinski definition) is 5. The molecular formula is C18H18N2O5S. The molecule has 8 heteroatoms. The number of thiophene rings is 1. The van der Waals surface area contributed by atoms with Gasteiger partial charge in [0.25, 0.3) is 0 Å². The van der Waals surface area contributed by atoms with Gasteiger partial charge in [-0.15, -0.1) is 11.3 Å². The molecule has 0 saturated carbocycles. The van der Waals surface area contributed by atoms with Crippen LogP contribution in [0.3, 0.4) is 0 Å². The number of nitrogens with zero attached hydrogens (tertiary/aromatic N) is 1. The summed E-state index contributed by atoms with van der Waals surface area (Å²) in [7, 11) is 1.26. The van der Waals surface area contributed by atoms with E-state index in [9.17, 15) is 19.5 Å². The zero-order valence-corrected chi connectivity index (χ0v) is 14.8. The first-order valence-electron chi connectivity index (χ1n) is 8.01. The second kappa shape index (κ2) is 7.57. The number of nitrogens with one attached hydrogen (secondary N) is 1. The summed E-state index contributed by atoms with van der Waals surface area (Å²) in [6.45, 7) is 0. The van der Waals surface area contributed by atoms with E-state index >= 15 is 0 Å². The molecule has 2 amide bonds. The van der Waals surface area contributed by atoms with Crippen molar-refractivity contribution in [2.75, 3.05) is 12.4 Å². The minimum atomic E-state index is -1.15. The first-order valence-corrected chi connectivity index (χ1v) is 8.89. The van der Waals surface area contributed by atoms with Crippen LogP contribution in [0.25, 0.3) is 0 Å². The van der Waals surface area contributed by atoms with E-state index < -0.39 is 36.0 Å². The largest absolute Gasteiger partial charge is 0.480 e. The Hall–Kier alpha value is -2.87. The Morgan fingerprint density at radius 2 is 1.92 bits per heavy atom. The van der Waals surface area contributed by atoms with Crippen LogP contribution in [0.2, 0.25) is 0 Å². The van der Waals surface area contributed by atoms with E-state index in [1.807, 2.05) is 11.4 Å².